The lowest BCUT2D eigenvalue weighted by Gasteiger charge is -2.42. The fourth-order valence-corrected chi connectivity index (χ4v) is 5.63. The monoisotopic (exact) mass is 474 g/mol. The van der Waals surface area contributed by atoms with E-state index in [9.17, 15) is 14.7 Å². The molecule has 0 radical (unpaired) electrons. The largest absolute Gasteiger partial charge is 0.507 e. The highest BCUT2D eigenvalue weighted by molar-refractivity contribution is 6.30. The number of ether oxygens (including phenoxy) is 1. The van der Waals surface area contributed by atoms with E-state index in [1.807, 2.05) is 28.8 Å². The predicted molar refractivity (Wildman–Crippen MR) is 129 cm³/mol. The Hall–Kier alpha value is -3.35. The standard InChI is InChI=1S/C27H23ClN2O4/c28-19-6-4-16(5-7-19)11-24-26(33)20-8-9-23(31)21(27(20)34-24)15-29-12-17-10-18(14-29)22-2-1-3-25(32)30(22)13-17/h1-9,11,17-18,31H,10,12-15H2/b24-11-/t17-,18+/m1/s1. The predicted octanol–water partition coefficient (Wildman–Crippen LogP) is 4.44. The van der Waals surface area contributed by atoms with Gasteiger partial charge in [-0.2, -0.15) is 0 Å². The number of Topliss-reactive ketones (excluding diaryl/α,β-unsaturated/α-hetero) is 1. The molecule has 2 atom stereocenters. The highest BCUT2D eigenvalue weighted by Gasteiger charge is 2.36. The van der Waals surface area contributed by atoms with Crippen molar-refractivity contribution in [2.45, 2.75) is 25.4 Å². The summed E-state index contributed by atoms with van der Waals surface area (Å²) < 4.78 is 7.93. The minimum atomic E-state index is -0.199. The van der Waals surface area contributed by atoms with Crippen molar-refractivity contribution in [2.24, 2.45) is 5.92 Å². The molecule has 3 aliphatic rings. The molecule has 0 amide bonds. The van der Waals surface area contributed by atoms with Crippen LogP contribution in [0.3, 0.4) is 0 Å². The summed E-state index contributed by atoms with van der Waals surface area (Å²) in [6.45, 7) is 2.79. The van der Waals surface area contributed by atoms with Crippen LogP contribution in [0.5, 0.6) is 11.5 Å². The second-order valence-corrected chi connectivity index (χ2v) is 9.76. The molecule has 0 saturated carbocycles. The number of phenolic OH excluding ortho intramolecular Hbond substituents is 1. The number of phenols is 1. The number of allylic oxidation sites excluding steroid dienone is 1. The number of aromatic nitrogens is 1. The zero-order chi connectivity index (χ0) is 23.4. The summed E-state index contributed by atoms with van der Waals surface area (Å²) in [5.41, 5.74) is 3.03. The number of likely N-dealkylation sites (tertiary alicyclic amines) is 1. The molecule has 1 N–H and O–H groups in total. The average Bonchev–Trinajstić information content (AvgIpc) is 3.13. The van der Waals surface area contributed by atoms with Crippen LogP contribution in [0.4, 0.5) is 0 Å². The second-order valence-electron chi connectivity index (χ2n) is 9.32. The lowest BCUT2D eigenvalue weighted by molar-refractivity contribution is 0.101. The Morgan fingerprint density at radius 3 is 2.68 bits per heavy atom. The van der Waals surface area contributed by atoms with Crippen LogP contribution in [0.25, 0.3) is 6.08 Å². The van der Waals surface area contributed by atoms with Gasteiger partial charge >= 0.3 is 0 Å². The van der Waals surface area contributed by atoms with Crippen LogP contribution in [0.2, 0.25) is 5.02 Å². The summed E-state index contributed by atoms with van der Waals surface area (Å²) in [5.74, 6) is 1.21. The molecule has 1 saturated heterocycles. The van der Waals surface area contributed by atoms with E-state index in [-0.39, 0.29) is 28.8 Å². The molecule has 3 aliphatic heterocycles. The van der Waals surface area contributed by atoms with Gasteiger partial charge in [0, 0.05) is 48.9 Å². The van der Waals surface area contributed by atoms with Gasteiger partial charge in [0.25, 0.3) is 5.56 Å². The second kappa shape index (κ2) is 8.15. The van der Waals surface area contributed by atoms with E-state index >= 15 is 0 Å². The number of piperidine rings is 1. The van der Waals surface area contributed by atoms with E-state index in [1.165, 1.54) is 0 Å². The molecule has 4 heterocycles. The highest BCUT2D eigenvalue weighted by atomic mass is 35.5. The van der Waals surface area contributed by atoms with E-state index in [0.717, 1.165) is 30.8 Å². The minimum absolute atomic E-state index is 0.0612. The summed E-state index contributed by atoms with van der Waals surface area (Å²) in [4.78, 5) is 27.6. The lowest BCUT2D eigenvalue weighted by atomic mass is 9.83. The molecular formula is C27H23ClN2O4. The van der Waals surface area contributed by atoms with Gasteiger partial charge < -0.3 is 14.4 Å². The lowest BCUT2D eigenvalue weighted by Crippen LogP contribution is -2.46. The Morgan fingerprint density at radius 1 is 1.03 bits per heavy atom. The fourth-order valence-electron chi connectivity index (χ4n) is 5.51. The van der Waals surface area contributed by atoms with Crippen LogP contribution in [-0.2, 0) is 13.1 Å². The van der Waals surface area contributed by atoms with Gasteiger partial charge in [0.15, 0.2) is 5.76 Å². The maximum absolute atomic E-state index is 13.0. The molecule has 6 nitrogen and oxygen atoms in total. The van der Waals surface area contributed by atoms with E-state index < -0.39 is 0 Å². The molecule has 0 spiro atoms. The van der Waals surface area contributed by atoms with Crippen molar-refractivity contribution in [3.05, 3.63) is 98.1 Å². The Bertz CT molecular complexity index is 1390. The average molecular weight is 475 g/mol. The van der Waals surface area contributed by atoms with Gasteiger partial charge in [-0.3, -0.25) is 14.5 Å². The molecule has 1 aromatic heterocycles. The number of carbonyl (C=O) groups is 1. The third-order valence-electron chi connectivity index (χ3n) is 7.02. The quantitative estimate of drug-likeness (QED) is 0.568. The van der Waals surface area contributed by atoms with Gasteiger partial charge in [-0.05, 0) is 54.3 Å². The number of carbonyl (C=O) groups excluding carboxylic acids is 1. The van der Waals surface area contributed by atoms with Gasteiger partial charge in [0.2, 0.25) is 5.78 Å². The summed E-state index contributed by atoms with van der Waals surface area (Å²) >= 11 is 5.96. The van der Waals surface area contributed by atoms with E-state index in [1.54, 1.807) is 36.4 Å². The Labute approximate surface area is 201 Å². The topological polar surface area (TPSA) is 71.8 Å². The molecule has 6 rings (SSSR count). The molecular weight excluding hydrogens is 452 g/mol. The maximum Gasteiger partial charge on any atom is 0.250 e. The first-order valence-electron chi connectivity index (χ1n) is 11.4. The molecule has 7 heteroatoms. The van der Waals surface area contributed by atoms with Crippen LogP contribution in [0.1, 0.15) is 39.5 Å². The number of hydrogen-bond acceptors (Lipinski definition) is 5. The van der Waals surface area contributed by atoms with Gasteiger partial charge in [0.05, 0.1) is 11.1 Å². The maximum atomic E-state index is 13.0. The van der Waals surface area contributed by atoms with Gasteiger partial charge in [-0.1, -0.05) is 29.8 Å². The molecule has 0 aliphatic carbocycles. The van der Waals surface area contributed by atoms with Gasteiger partial charge in [0.1, 0.15) is 11.5 Å². The van der Waals surface area contributed by atoms with Crippen molar-refractivity contribution in [2.75, 3.05) is 13.1 Å². The van der Waals surface area contributed by atoms with Crippen molar-refractivity contribution in [3.8, 4) is 11.5 Å². The molecule has 2 aromatic carbocycles. The van der Waals surface area contributed by atoms with E-state index in [2.05, 4.69) is 4.90 Å². The van der Waals surface area contributed by atoms with Gasteiger partial charge in [-0.15, -0.1) is 0 Å². The molecule has 1 fully saturated rings. The fraction of sp³-hybridized carbons (Fsp3) is 0.259. The highest BCUT2D eigenvalue weighted by Crippen LogP contribution is 2.42. The minimum Gasteiger partial charge on any atom is -0.507 e. The van der Waals surface area contributed by atoms with Crippen LogP contribution < -0.4 is 10.3 Å². The number of pyridine rings is 1. The Balaban J connectivity index is 1.28. The van der Waals surface area contributed by atoms with Crippen molar-refractivity contribution in [1.29, 1.82) is 0 Å². The summed E-state index contributed by atoms with van der Waals surface area (Å²) in [6.07, 6.45) is 2.75. The van der Waals surface area contributed by atoms with Crippen LogP contribution >= 0.6 is 11.6 Å². The first kappa shape index (κ1) is 21.2. The molecule has 3 aromatic rings. The van der Waals surface area contributed by atoms with Crippen molar-refractivity contribution < 1.29 is 14.6 Å². The van der Waals surface area contributed by atoms with E-state index in [4.69, 9.17) is 16.3 Å². The van der Waals surface area contributed by atoms with Crippen molar-refractivity contribution in [3.63, 3.8) is 0 Å². The Morgan fingerprint density at radius 2 is 1.85 bits per heavy atom. The number of benzene rings is 2. The number of nitrogens with zero attached hydrogens (tertiary/aromatic N) is 2. The smallest absolute Gasteiger partial charge is 0.250 e. The normalized spacial score (nSPS) is 22.4. The third-order valence-corrected chi connectivity index (χ3v) is 7.27. The Kier molecular flexibility index (Phi) is 5.08. The molecule has 2 bridgehead atoms. The van der Waals surface area contributed by atoms with Gasteiger partial charge in [-0.25, -0.2) is 0 Å². The number of aromatic hydroxyl groups is 1. The summed E-state index contributed by atoms with van der Waals surface area (Å²) in [7, 11) is 0. The first-order chi connectivity index (χ1) is 16.5. The van der Waals surface area contributed by atoms with Crippen LogP contribution in [0.15, 0.2) is 65.2 Å². The molecule has 34 heavy (non-hydrogen) atoms. The zero-order valence-electron chi connectivity index (χ0n) is 18.4. The van der Waals surface area contributed by atoms with Crippen LogP contribution in [-0.4, -0.2) is 33.4 Å². The SMILES string of the molecule is O=C1/C(=C/c2ccc(Cl)cc2)Oc2c1ccc(O)c2CN1C[C@H]2C[C@@H](C1)c1cccc(=O)n1C2. The van der Waals surface area contributed by atoms with Crippen LogP contribution in [0, 0.1) is 5.92 Å². The number of hydrogen-bond donors (Lipinski definition) is 1. The summed E-state index contributed by atoms with van der Waals surface area (Å²) in [5, 5.41) is 11.3. The third kappa shape index (κ3) is 3.63. The number of halogens is 1. The number of fused-ring (bicyclic) bond motifs is 5. The molecule has 0 unspecified atom stereocenters. The van der Waals surface area contributed by atoms with Crippen molar-refractivity contribution >= 4 is 23.5 Å². The van der Waals surface area contributed by atoms with E-state index in [0.29, 0.717) is 40.9 Å². The number of ketones is 1. The first-order valence-corrected chi connectivity index (χ1v) is 11.8. The zero-order valence-corrected chi connectivity index (χ0v) is 19.2. The summed E-state index contributed by atoms with van der Waals surface area (Å²) in [6, 6.07) is 15.8. The molecule has 172 valence electrons. The van der Waals surface area contributed by atoms with Crippen molar-refractivity contribution in [1.82, 2.24) is 9.47 Å². The number of rotatable bonds is 3.